The standard InChI is InChI=1S/C16H18N2O7S/c1-7(19)25-16(9(20)4-2-3-5-10(16)21)8-6-26-14-11(17)13(22)18(14)12(8)15(23)24/h11,14H,2-6,17H2,1H3,(H,23,24)/t11-,14-/m1/s1. The Balaban J connectivity index is 2.23. The zero-order valence-corrected chi connectivity index (χ0v) is 14.8. The number of carbonyl (C=O) groups is 5. The maximum Gasteiger partial charge on any atom is 0.352 e. The van der Waals surface area contributed by atoms with Gasteiger partial charge in [0.2, 0.25) is 5.91 Å². The van der Waals surface area contributed by atoms with E-state index in [0.29, 0.717) is 12.8 Å². The predicted molar refractivity (Wildman–Crippen MR) is 88.7 cm³/mol. The Morgan fingerprint density at radius 3 is 2.31 bits per heavy atom. The highest BCUT2D eigenvalue weighted by Gasteiger charge is 2.60. The van der Waals surface area contributed by atoms with E-state index < -0.39 is 52.1 Å². The number of rotatable bonds is 3. The third kappa shape index (κ3) is 2.55. The molecule has 3 rings (SSSR count). The number of esters is 1. The molecule has 2 atom stereocenters. The molecule has 1 saturated carbocycles. The van der Waals surface area contributed by atoms with Crippen molar-refractivity contribution < 1.29 is 33.8 Å². The first-order valence-electron chi connectivity index (χ1n) is 8.15. The molecule has 0 aromatic rings. The van der Waals surface area contributed by atoms with Gasteiger partial charge in [-0.15, -0.1) is 11.8 Å². The van der Waals surface area contributed by atoms with Gasteiger partial charge in [-0.2, -0.15) is 0 Å². The summed E-state index contributed by atoms with van der Waals surface area (Å²) in [6.45, 7) is 1.05. The van der Waals surface area contributed by atoms with E-state index in [2.05, 4.69) is 0 Å². The molecule has 2 fully saturated rings. The van der Waals surface area contributed by atoms with E-state index in [1.807, 2.05) is 0 Å². The zero-order valence-electron chi connectivity index (χ0n) is 14.0. The van der Waals surface area contributed by atoms with Gasteiger partial charge in [0, 0.05) is 31.1 Å². The number of thioether (sulfide) groups is 1. The van der Waals surface area contributed by atoms with Crippen LogP contribution in [0.2, 0.25) is 0 Å². The lowest BCUT2D eigenvalue weighted by atomic mass is 9.82. The molecule has 1 aliphatic carbocycles. The highest BCUT2D eigenvalue weighted by Crippen LogP contribution is 2.45. The van der Waals surface area contributed by atoms with Crippen molar-refractivity contribution in [1.82, 2.24) is 4.90 Å². The van der Waals surface area contributed by atoms with Gasteiger partial charge >= 0.3 is 11.9 Å². The molecule has 2 heterocycles. The van der Waals surface area contributed by atoms with E-state index in [-0.39, 0.29) is 24.2 Å². The first kappa shape index (κ1) is 18.6. The van der Waals surface area contributed by atoms with E-state index in [1.54, 1.807) is 0 Å². The SMILES string of the molecule is CC(=O)OC1(C2=C(C(=O)O)N3C(=O)[C@@H](N)[C@H]3SC2)C(=O)CCCCC1=O. The average molecular weight is 382 g/mol. The largest absolute Gasteiger partial charge is 0.477 e. The maximum absolute atomic E-state index is 12.8. The molecule has 2 aliphatic heterocycles. The number of hydrogen-bond acceptors (Lipinski definition) is 8. The Morgan fingerprint density at radius 1 is 1.23 bits per heavy atom. The summed E-state index contributed by atoms with van der Waals surface area (Å²) >= 11 is 1.15. The molecule has 3 N–H and O–H groups in total. The number of hydrogen-bond donors (Lipinski definition) is 2. The Labute approximate surface area is 152 Å². The lowest BCUT2D eigenvalue weighted by Crippen LogP contribution is -2.69. The van der Waals surface area contributed by atoms with Gasteiger partial charge in [-0.1, -0.05) is 0 Å². The number of ether oxygens (including phenoxy) is 1. The van der Waals surface area contributed by atoms with Gasteiger partial charge in [-0.05, 0) is 12.8 Å². The summed E-state index contributed by atoms with van der Waals surface area (Å²) in [6, 6.07) is -0.846. The van der Waals surface area contributed by atoms with Crippen molar-refractivity contribution in [3.05, 3.63) is 11.3 Å². The van der Waals surface area contributed by atoms with Gasteiger partial charge in [0.15, 0.2) is 11.6 Å². The average Bonchev–Trinajstić information content (AvgIpc) is 2.73. The number of nitrogens with two attached hydrogens (primary N) is 1. The fraction of sp³-hybridized carbons (Fsp3) is 0.562. The van der Waals surface area contributed by atoms with Crippen LogP contribution in [0.3, 0.4) is 0 Å². The summed E-state index contributed by atoms with van der Waals surface area (Å²) in [5.41, 5.74) is 2.79. The van der Waals surface area contributed by atoms with Crippen molar-refractivity contribution in [2.24, 2.45) is 5.73 Å². The van der Waals surface area contributed by atoms with Crippen LogP contribution in [0.5, 0.6) is 0 Å². The molecule has 140 valence electrons. The number of aliphatic carboxylic acids is 1. The molecular formula is C16H18N2O7S. The minimum absolute atomic E-state index is 0.0169. The minimum atomic E-state index is -2.28. The topological polar surface area (TPSA) is 144 Å². The maximum atomic E-state index is 12.8. The molecule has 0 radical (unpaired) electrons. The summed E-state index contributed by atoms with van der Waals surface area (Å²) in [7, 11) is 0. The highest BCUT2D eigenvalue weighted by atomic mass is 32.2. The summed E-state index contributed by atoms with van der Waals surface area (Å²) < 4.78 is 5.23. The lowest BCUT2D eigenvalue weighted by Gasteiger charge is -2.49. The van der Waals surface area contributed by atoms with Gasteiger partial charge in [-0.25, -0.2) is 4.79 Å². The second kappa shape index (κ2) is 6.51. The smallest absolute Gasteiger partial charge is 0.352 e. The molecule has 0 bridgehead atoms. The third-order valence-corrected chi connectivity index (χ3v) is 6.08. The number of β-lactam (4-membered cyclic amide) rings is 1. The van der Waals surface area contributed by atoms with Gasteiger partial charge < -0.3 is 15.6 Å². The Hall–Kier alpha value is -2.20. The van der Waals surface area contributed by atoms with Crippen molar-refractivity contribution in [2.75, 3.05) is 5.75 Å². The summed E-state index contributed by atoms with van der Waals surface area (Å²) in [5.74, 6) is -4.30. The van der Waals surface area contributed by atoms with Crippen LogP contribution in [0.1, 0.15) is 32.6 Å². The van der Waals surface area contributed by atoms with Gasteiger partial charge in [0.1, 0.15) is 17.1 Å². The van der Waals surface area contributed by atoms with Crippen molar-refractivity contribution in [3.63, 3.8) is 0 Å². The summed E-state index contributed by atoms with van der Waals surface area (Å²) in [6.07, 6.45) is 0.840. The van der Waals surface area contributed by atoms with Crippen molar-refractivity contribution in [2.45, 2.75) is 49.6 Å². The first-order valence-corrected chi connectivity index (χ1v) is 9.20. The molecule has 0 aromatic carbocycles. The Morgan fingerprint density at radius 2 is 1.81 bits per heavy atom. The molecule has 3 aliphatic rings. The monoisotopic (exact) mass is 382 g/mol. The fourth-order valence-corrected chi connectivity index (χ4v) is 4.95. The predicted octanol–water partition coefficient (Wildman–Crippen LogP) is -0.418. The van der Waals surface area contributed by atoms with Crippen LogP contribution in [-0.4, -0.2) is 62.2 Å². The number of carboxylic acids is 1. The second-order valence-electron chi connectivity index (χ2n) is 6.40. The van der Waals surface area contributed by atoms with Crippen LogP contribution < -0.4 is 5.73 Å². The number of nitrogens with zero attached hydrogens (tertiary/aromatic N) is 1. The van der Waals surface area contributed by atoms with Crippen molar-refractivity contribution in [1.29, 1.82) is 0 Å². The van der Waals surface area contributed by atoms with Crippen molar-refractivity contribution in [3.8, 4) is 0 Å². The normalized spacial score (nSPS) is 28.2. The summed E-state index contributed by atoms with van der Waals surface area (Å²) in [5, 5.41) is 9.11. The van der Waals surface area contributed by atoms with Gasteiger partial charge in [0.05, 0.1) is 0 Å². The number of amides is 1. The van der Waals surface area contributed by atoms with Crippen LogP contribution in [0, 0.1) is 0 Å². The molecule has 1 amide bonds. The van der Waals surface area contributed by atoms with E-state index in [0.717, 1.165) is 23.6 Å². The van der Waals surface area contributed by atoms with Crippen LogP contribution in [0.15, 0.2) is 11.3 Å². The number of carboxylic acid groups (broad SMARTS) is 1. The minimum Gasteiger partial charge on any atom is -0.477 e. The third-order valence-electron chi connectivity index (χ3n) is 4.78. The highest BCUT2D eigenvalue weighted by molar-refractivity contribution is 8.00. The summed E-state index contributed by atoms with van der Waals surface area (Å²) in [4.78, 5) is 62.4. The van der Waals surface area contributed by atoms with Gasteiger partial charge in [-0.3, -0.25) is 24.1 Å². The Kier molecular flexibility index (Phi) is 4.65. The number of ketones is 2. The van der Waals surface area contributed by atoms with E-state index in [9.17, 15) is 29.1 Å². The number of fused-ring (bicyclic) bond motifs is 1. The molecule has 10 heteroatoms. The molecule has 0 spiro atoms. The van der Waals surface area contributed by atoms with E-state index in [1.165, 1.54) is 0 Å². The number of Topliss-reactive ketones (excluding diaryl/α,β-unsaturated/α-hetero) is 2. The van der Waals surface area contributed by atoms with Gasteiger partial charge in [0.25, 0.3) is 5.60 Å². The lowest BCUT2D eigenvalue weighted by molar-refractivity contribution is -0.167. The quantitative estimate of drug-likeness (QED) is 0.288. The van der Waals surface area contributed by atoms with Crippen LogP contribution in [0.25, 0.3) is 0 Å². The van der Waals surface area contributed by atoms with Crippen LogP contribution in [0.4, 0.5) is 0 Å². The molecule has 26 heavy (non-hydrogen) atoms. The molecule has 0 unspecified atom stereocenters. The van der Waals surface area contributed by atoms with Crippen LogP contribution in [-0.2, 0) is 28.7 Å². The fourth-order valence-electron chi connectivity index (χ4n) is 3.59. The second-order valence-corrected chi connectivity index (χ2v) is 7.50. The Bertz CT molecular complexity index is 742. The zero-order chi connectivity index (χ0) is 19.2. The molecule has 1 saturated heterocycles. The van der Waals surface area contributed by atoms with Crippen LogP contribution >= 0.6 is 11.8 Å². The molecule has 0 aromatic heterocycles. The molecular weight excluding hydrogens is 364 g/mol. The van der Waals surface area contributed by atoms with E-state index in [4.69, 9.17) is 10.5 Å². The molecule has 9 nitrogen and oxygen atoms in total. The first-order chi connectivity index (χ1) is 12.2. The van der Waals surface area contributed by atoms with Crippen molar-refractivity contribution >= 4 is 41.2 Å². The van der Waals surface area contributed by atoms with E-state index >= 15 is 0 Å². The number of carbonyl (C=O) groups excluding carboxylic acids is 4.